The van der Waals surface area contributed by atoms with E-state index in [2.05, 4.69) is 41.1 Å². The molecule has 1 aromatic heterocycles. The van der Waals surface area contributed by atoms with E-state index in [1.807, 2.05) is 0 Å². The van der Waals surface area contributed by atoms with Gasteiger partial charge in [0.2, 0.25) is 0 Å². The van der Waals surface area contributed by atoms with Gasteiger partial charge in [0.25, 0.3) is 0 Å². The highest BCUT2D eigenvalue weighted by atomic mass is 79.9. The topological polar surface area (TPSA) is 33.1 Å². The monoisotopic (exact) mass is 323 g/mol. The summed E-state index contributed by atoms with van der Waals surface area (Å²) in [6.07, 6.45) is 2.58. The van der Waals surface area contributed by atoms with Crippen LogP contribution in [-0.4, -0.2) is 10.1 Å². The van der Waals surface area contributed by atoms with Crippen LogP contribution in [0.5, 0.6) is 0 Å². The molecule has 2 nitrogen and oxygen atoms in total. The van der Waals surface area contributed by atoms with Crippen LogP contribution in [-0.2, 0) is 6.42 Å². The van der Waals surface area contributed by atoms with Crippen molar-refractivity contribution in [2.24, 2.45) is 0 Å². The molecule has 0 radical (unpaired) electrons. The lowest BCUT2D eigenvalue weighted by Gasteiger charge is -2.14. The predicted octanol–water partition coefficient (Wildman–Crippen LogP) is 4.25. The zero-order valence-electron chi connectivity index (χ0n) is 10.1. The molecular formula is C14H14BrNOS. The quantitative estimate of drug-likeness (QED) is 0.851. The number of rotatable bonds is 1. The lowest BCUT2D eigenvalue weighted by atomic mass is 10.0. The van der Waals surface area contributed by atoms with E-state index in [9.17, 15) is 5.11 Å². The Morgan fingerprint density at radius 1 is 1.44 bits per heavy atom. The minimum atomic E-state index is -0.316. The van der Waals surface area contributed by atoms with Crippen molar-refractivity contribution >= 4 is 27.3 Å². The van der Waals surface area contributed by atoms with Crippen LogP contribution in [0.15, 0.2) is 22.7 Å². The smallest absolute Gasteiger partial charge is 0.125 e. The van der Waals surface area contributed by atoms with Crippen molar-refractivity contribution < 1.29 is 5.11 Å². The maximum absolute atomic E-state index is 9.99. The Kier molecular flexibility index (Phi) is 3.26. The van der Waals surface area contributed by atoms with E-state index in [-0.39, 0.29) is 6.10 Å². The van der Waals surface area contributed by atoms with Crippen LogP contribution < -0.4 is 0 Å². The molecule has 94 valence electrons. The Morgan fingerprint density at radius 2 is 2.28 bits per heavy atom. The molecule has 4 heteroatoms. The van der Waals surface area contributed by atoms with Crippen molar-refractivity contribution in [2.45, 2.75) is 32.3 Å². The van der Waals surface area contributed by atoms with Gasteiger partial charge >= 0.3 is 0 Å². The van der Waals surface area contributed by atoms with Crippen LogP contribution in [0, 0.1) is 6.92 Å². The van der Waals surface area contributed by atoms with Crippen molar-refractivity contribution in [3.05, 3.63) is 38.8 Å². The van der Waals surface area contributed by atoms with Crippen LogP contribution in [0.4, 0.5) is 0 Å². The second kappa shape index (κ2) is 4.76. The summed E-state index contributed by atoms with van der Waals surface area (Å²) in [4.78, 5) is 5.75. The number of nitrogens with zero attached hydrogens (tertiary/aromatic N) is 1. The number of aromatic nitrogens is 1. The van der Waals surface area contributed by atoms with Crippen LogP contribution in [0.2, 0.25) is 0 Å². The number of halogens is 1. The summed E-state index contributed by atoms with van der Waals surface area (Å²) in [7, 11) is 0. The molecule has 0 saturated carbocycles. The minimum Gasteiger partial charge on any atom is -0.388 e. The molecule has 0 amide bonds. The summed E-state index contributed by atoms with van der Waals surface area (Å²) in [5.74, 6) is 0. The van der Waals surface area contributed by atoms with Crippen molar-refractivity contribution in [2.75, 3.05) is 0 Å². The molecule has 0 bridgehead atoms. The standard InChI is InChI=1S/C14H14BrNOS/c1-8-5-6-9(10(15)7-8)14-16-11-3-2-4-12(17)13(11)18-14/h5-7,12,17H,2-4H2,1H3. The summed E-state index contributed by atoms with van der Waals surface area (Å²) in [6.45, 7) is 2.07. The molecule has 1 aliphatic rings. The number of aliphatic hydroxyl groups is 1. The molecule has 3 rings (SSSR count). The Bertz CT molecular complexity index is 593. The number of hydrogen-bond donors (Lipinski definition) is 1. The third kappa shape index (κ3) is 2.13. The first-order valence-corrected chi connectivity index (χ1v) is 7.70. The van der Waals surface area contributed by atoms with E-state index in [0.717, 1.165) is 44.9 Å². The fraction of sp³-hybridized carbons (Fsp3) is 0.357. The van der Waals surface area contributed by atoms with E-state index in [0.29, 0.717) is 0 Å². The molecule has 0 fully saturated rings. The molecular weight excluding hydrogens is 310 g/mol. The first kappa shape index (κ1) is 12.3. The zero-order valence-corrected chi connectivity index (χ0v) is 12.5. The Labute approximate surface area is 119 Å². The number of aliphatic hydroxyl groups excluding tert-OH is 1. The molecule has 0 saturated heterocycles. The first-order valence-electron chi connectivity index (χ1n) is 6.09. The van der Waals surface area contributed by atoms with Gasteiger partial charge in [-0.1, -0.05) is 28.1 Å². The maximum Gasteiger partial charge on any atom is 0.125 e. The second-order valence-electron chi connectivity index (χ2n) is 4.72. The molecule has 0 spiro atoms. The van der Waals surface area contributed by atoms with Crippen molar-refractivity contribution in [3.8, 4) is 10.6 Å². The van der Waals surface area contributed by atoms with Gasteiger partial charge in [-0.3, -0.25) is 0 Å². The summed E-state index contributed by atoms with van der Waals surface area (Å²) < 4.78 is 1.07. The minimum absolute atomic E-state index is 0.316. The van der Waals surface area contributed by atoms with E-state index < -0.39 is 0 Å². The lowest BCUT2D eigenvalue weighted by Crippen LogP contribution is -2.06. The number of thiazole rings is 1. The highest BCUT2D eigenvalue weighted by Crippen LogP contribution is 2.39. The van der Waals surface area contributed by atoms with Crippen LogP contribution in [0.1, 0.15) is 35.1 Å². The fourth-order valence-electron chi connectivity index (χ4n) is 2.31. The molecule has 1 aromatic carbocycles. The SMILES string of the molecule is Cc1ccc(-c2nc3c(s2)C(O)CCC3)c(Br)c1. The summed E-state index contributed by atoms with van der Waals surface area (Å²) >= 11 is 5.22. The van der Waals surface area contributed by atoms with Gasteiger partial charge < -0.3 is 5.11 Å². The average molecular weight is 324 g/mol. The number of aryl methyl sites for hydroxylation is 2. The Balaban J connectivity index is 2.07. The van der Waals surface area contributed by atoms with Gasteiger partial charge in [-0.05, 0) is 37.8 Å². The van der Waals surface area contributed by atoms with E-state index in [4.69, 9.17) is 4.98 Å². The molecule has 1 aliphatic carbocycles. The molecule has 1 heterocycles. The third-order valence-corrected chi connectivity index (χ3v) is 5.16. The normalized spacial score (nSPS) is 18.7. The van der Waals surface area contributed by atoms with Gasteiger partial charge in [-0.2, -0.15) is 0 Å². The molecule has 1 unspecified atom stereocenters. The predicted molar refractivity (Wildman–Crippen MR) is 77.9 cm³/mol. The van der Waals surface area contributed by atoms with Crippen LogP contribution >= 0.6 is 27.3 Å². The maximum atomic E-state index is 9.99. The summed E-state index contributed by atoms with van der Waals surface area (Å²) in [6, 6.07) is 6.29. The Morgan fingerprint density at radius 3 is 3.00 bits per heavy atom. The zero-order chi connectivity index (χ0) is 12.7. The lowest BCUT2D eigenvalue weighted by molar-refractivity contribution is 0.160. The van der Waals surface area contributed by atoms with Gasteiger partial charge in [-0.15, -0.1) is 11.3 Å². The number of benzene rings is 1. The molecule has 0 aliphatic heterocycles. The highest BCUT2D eigenvalue weighted by Gasteiger charge is 2.23. The summed E-state index contributed by atoms with van der Waals surface area (Å²) in [5.41, 5.74) is 3.43. The van der Waals surface area contributed by atoms with Gasteiger partial charge in [0.15, 0.2) is 0 Å². The average Bonchev–Trinajstić information content (AvgIpc) is 2.74. The van der Waals surface area contributed by atoms with E-state index in [1.54, 1.807) is 11.3 Å². The van der Waals surface area contributed by atoms with Crippen molar-refractivity contribution in [3.63, 3.8) is 0 Å². The molecule has 1 atom stereocenters. The molecule has 1 N–H and O–H groups in total. The van der Waals surface area contributed by atoms with Crippen LogP contribution in [0.25, 0.3) is 10.6 Å². The molecule has 18 heavy (non-hydrogen) atoms. The third-order valence-electron chi connectivity index (χ3n) is 3.28. The van der Waals surface area contributed by atoms with Crippen molar-refractivity contribution in [1.29, 1.82) is 0 Å². The van der Waals surface area contributed by atoms with Gasteiger partial charge in [0.1, 0.15) is 5.01 Å². The molecule has 2 aromatic rings. The fourth-order valence-corrected chi connectivity index (χ4v) is 4.29. The summed E-state index contributed by atoms with van der Waals surface area (Å²) in [5, 5.41) is 11.0. The van der Waals surface area contributed by atoms with Gasteiger partial charge in [0.05, 0.1) is 16.7 Å². The number of fused-ring (bicyclic) bond motifs is 1. The Hall–Kier alpha value is -0.710. The highest BCUT2D eigenvalue weighted by molar-refractivity contribution is 9.10. The second-order valence-corrected chi connectivity index (χ2v) is 6.61. The van der Waals surface area contributed by atoms with Gasteiger partial charge in [-0.25, -0.2) is 4.98 Å². The number of hydrogen-bond acceptors (Lipinski definition) is 3. The van der Waals surface area contributed by atoms with E-state index in [1.165, 1.54) is 5.56 Å². The van der Waals surface area contributed by atoms with Crippen molar-refractivity contribution in [1.82, 2.24) is 4.98 Å². The van der Waals surface area contributed by atoms with Gasteiger partial charge in [0, 0.05) is 10.0 Å². The first-order chi connectivity index (χ1) is 8.65. The van der Waals surface area contributed by atoms with E-state index >= 15 is 0 Å². The van der Waals surface area contributed by atoms with Crippen LogP contribution in [0.3, 0.4) is 0 Å². The largest absolute Gasteiger partial charge is 0.388 e.